The van der Waals surface area contributed by atoms with Crippen molar-refractivity contribution in [2.75, 3.05) is 5.32 Å². The number of fused-ring (bicyclic) bond motifs is 1. The summed E-state index contributed by atoms with van der Waals surface area (Å²) in [5, 5.41) is 10.8. The molecule has 1 amide bonds. The first kappa shape index (κ1) is 20.8. The van der Waals surface area contributed by atoms with Gasteiger partial charge in [-0.1, -0.05) is 30.2 Å². The quantitative estimate of drug-likeness (QED) is 0.421. The molecule has 33 heavy (non-hydrogen) atoms. The average Bonchev–Trinajstić information content (AvgIpc) is 3.55. The number of terminal acetylenes is 1. The maximum atomic E-state index is 12.2. The Morgan fingerprint density at radius 1 is 1.09 bits per heavy atom. The van der Waals surface area contributed by atoms with E-state index in [-0.39, 0.29) is 11.3 Å². The van der Waals surface area contributed by atoms with E-state index >= 15 is 0 Å². The van der Waals surface area contributed by atoms with E-state index in [1.165, 1.54) is 0 Å². The highest BCUT2D eigenvalue weighted by atomic mass is 16.1. The van der Waals surface area contributed by atoms with Crippen LogP contribution in [-0.2, 0) is 5.41 Å². The van der Waals surface area contributed by atoms with Crippen molar-refractivity contribution in [1.82, 2.24) is 19.9 Å². The molecule has 2 heterocycles. The molecule has 2 N–H and O–H groups in total. The Hall–Kier alpha value is -4.11. The van der Waals surface area contributed by atoms with Gasteiger partial charge in [-0.05, 0) is 74.2 Å². The van der Waals surface area contributed by atoms with Crippen LogP contribution in [0.25, 0.3) is 16.8 Å². The Kier molecular flexibility index (Phi) is 5.10. The first-order valence-electron chi connectivity index (χ1n) is 11.0. The smallest absolute Gasteiger partial charge is 0.251 e. The van der Waals surface area contributed by atoms with E-state index in [1.54, 1.807) is 16.6 Å². The van der Waals surface area contributed by atoms with Crippen molar-refractivity contribution in [3.8, 4) is 23.5 Å². The second kappa shape index (κ2) is 8.10. The molecule has 2 aromatic carbocycles. The molecule has 1 aliphatic rings. The fourth-order valence-electron chi connectivity index (χ4n) is 3.66. The third kappa shape index (κ3) is 4.31. The number of aromatic nitrogens is 3. The minimum atomic E-state index is -0.315. The predicted molar refractivity (Wildman–Crippen MR) is 130 cm³/mol. The first-order chi connectivity index (χ1) is 15.9. The summed E-state index contributed by atoms with van der Waals surface area (Å²) in [4.78, 5) is 16.9. The molecule has 0 aliphatic heterocycles. The zero-order valence-electron chi connectivity index (χ0n) is 18.7. The van der Waals surface area contributed by atoms with Crippen LogP contribution in [0.4, 0.5) is 11.6 Å². The molecular weight excluding hydrogens is 410 g/mol. The van der Waals surface area contributed by atoms with Crippen LogP contribution in [-0.4, -0.2) is 26.5 Å². The molecule has 0 spiro atoms. The summed E-state index contributed by atoms with van der Waals surface area (Å²) in [6, 6.07) is 19.9. The van der Waals surface area contributed by atoms with E-state index in [2.05, 4.69) is 45.9 Å². The zero-order chi connectivity index (χ0) is 23.0. The molecular formula is C27H25N5O. The van der Waals surface area contributed by atoms with Gasteiger partial charge in [-0.25, -0.2) is 4.52 Å². The van der Waals surface area contributed by atoms with E-state index in [0.717, 1.165) is 40.9 Å². The third-order valence-corrected chi connectivity index (χ3v) is 5.96. The van der Waals surface area contributed by atoms with Gasteiger partial charge in [-0.2, -0.15) is 4.98 Å². The lowest BCUT2D eigenvalue weighted by molar-refractivity contribution is 0.0951. The van der Waals surface area contributed by atoms with E-state index in [4.69, 9.17) is 11.4 Å². The largest absolute Gasteiger partial charge is 0.349 e. The number of hydrogen-bond donors (Lipinski definition) is 2. The second-order valence-corrected chi connectivity index (χ2v) is 8.92. The van der Waals surface area contributed by atoms with Crippen LogP contribution in [0.2, 0.25) is 0 Å². The summed E-state index contributed by atoms with van der Waals surface area (Å²) in [5.74, 6) is 3.29. The van der Waals surface area contributed by atoms with Crippen molar-refractivity contribution >= 4 is 23.2 Å². The number of rotatable bonds is 6. The summed E-state index contributed by atoms with van der Waals surface area (Å²) in [6.07, 6.45) is 9.69. The lowest BCUT2D eigenvalue weighted by atomic mass is 9.85. The number of amides is 1. The molecule has 0 radical (unpaired) electrons. The molecule has 0 bridgehead atoms. The van der Waals surface area contributed by atoms with Gasteiger partial charge in [-0.3, -0.25) is 4.79 Å². The standard InChI is InChI=1S/C27H25N5O/c1-4-27(2,3)20-11-7-18(8-12-20)23-6-5-17-32-24(23)30-26(31-32)29-22-13-9-19(10-14-22)25(33)28-21-15-16-21/h1,5-14,17,21H,15-16H2,2-3H3,(H,28,33)(H,29,31). The molecule has 0 saturated heterocycles. The van der Waals surface area contributed by atoms with Crippen molar-refractivity contribution in [3.63, 3.8) is 0 Å². The Labute approximate surface area is 193 Å². The van der Waals surface area contributed by atoms with Crippen LogP contribution in [0.3, 0.4) is 0 Å². The van der Waals surface area contributed by atoms with Gasteiger partial charge in [-0.15, -0.1) is 11.5 Å². The SMILES string of the molecule is C#CC(C)(C)c1ccc(-c2cccn3nc(Nc4ccc(C(=O)NC5CC5)cc4)nc23)cc1. The molecule has 1 aliphatic carbocycles. The summed E-state index contributed by atoms with van der Waals surface area (Å²) in [7, 11) is 0. The molecule has 1 saturated carbocycles. The number of nitrogens with zero attached hydrogens (tertiary/aromatic N) is 3. The highest BCUT2D eigenvalue weighted by Gasteiger charge is 2.23. The van der Waals surface area contributed by atoms with Gasteiger partial charge in [0.05, 0.1) is 5.41 Å². The normalized spacial score (nSPS) is 13.5. The van der Waals surface area contributed by atoms with Gasteiger partial charge in [0.2, 0.25) is 5.95 Å². The van der Waals surface area contributed by atoms with Crippen LogP contribution in [0.15, 0.2) is 66.9 Å². The lowest BCUT2D eigenvalue weighted by Crippen LogP contribution is -2.25. The molecule has 0 atom stereocenters. The summed E-state index contributed by atoms with van der Waals surface area (Å²) in [6.45, 7) is 4.07. The molecule has 0 unspecified atom stereocenters. The number of anilines is 2. The molecule has 6 nitrogen and oxygen atoms in total. The van der Waals surface area contributed by atoms with E-state index in [1.807, 2.05) is 44.3 Å². The first-order valence-corrected chi connectivity index (χ1v) is 11.0. The van der Waals surface area contributed by atoms with Gasteiger partial charge >= 0.3 is 0 Å². The number of pyridine rings is 1. The number of carbonyl (C=O) groups excluding carboxylic acids is 1. The fraction of sp³-hybridized carbons (Fsp3) is 0.222. The van der Waals surface area contributed by atoms with E-state index in [0.29, 0.717) is 17.6 Å². The maximum absolute atomic E-state index is 12.2. The maximum Gasteiger partial charge on any atom is 0.251 e. The van der Waals surface area contributed by atoms with Crippen molar-refractivity contribution in [2.24, 2.45) is 0 Å². The van der Waals surface area contributed by atoms with Crippen LogP contribution >= 0.6 is 0 Å². The molecule has 1 fully saturated rings. The highest BCUT2D eigenvalue weighted by Crippen LogP contribution is 2.29. The Balaban J connectivity index is 1.38. The number of hydrogen-bond acceptors (Lipinski definition) is 4. The summed E-state index contributed by atoms with van der Waals surface area (Å²) in [5.41, 5.74) is 5.02. The predicted octanol–water partition coefficient (Wildman–Crippen LogP) is 4.94. The van der Waals surface area contributed by atoms with Gasteiger partial charge in [0.1, 0.15) is 0 Å². The van der Waals surface area contributed by atoms with Gasteiger partial charge in [0.15, 0.2) is 5.65 Å². The van der Waals surface area contributed by atoms with Crippen molar-refractivity contribution in [3.05, 3.63) is 78.0 Å². The minimum absolute atomic E-state index is 0.0313. The number of benzene rings is 2. The molecule has 164 valence electrons. The highest BCUT2D eigenvalue weighted by molar-refractivity contribution is 5.95. The monoisotopic (exact) mass is 435 g/mol. The molecule has 6 heteroatoms. The zero-order valence-corrected chi connectivity index (χ0v) is 18.7. The van der Waals surface area contributed by atoms with Crippen LogP contribution in [0.5, 0.6) is 0 Å². The molecule has 2 aromatic heterocycles. The van der Waals surface area contributed by atoms with Crippen LogP contribution < -0.4 is 10.6 Å². The molecule has 4 aromatic rings. The minimum Gasteiger partial charge on any atom is -0.349 e. The Morgan fingerprint density at radius 2 is 1.82 bits per heavy atom. The number of nitrogens with one attached hydrogen (secondary N) is 2. The van der Waals surface area contributed by atoms with Crippen LogP contribution in [0, 0.1) is 12.3 Å². The van der Waals surface area contributed by atoms with E-state index < -0.39 is 0 Å². The number of carbonyl (C=O) groups is 1. The second-order valence-electron chi connectivity index (χ2n) is 8.92. The van der Waals surface area contributed by atoms with Gasteiger partial charge in [0, 0.05) is 29.1 Å². The van der Waals surface area contributed by atoms with Crippen molar-refractivity contribution < 1.29 is 4.79 Å². The Bertz CT molecular complexity index is 1360. The van der Waals surface area contributed by atoms with Crippen molar-refractivity contribution in [2.45, 2.75) is 38.1 Å². The Morgan fingerprint density at radius 3 is 2.48 bits per heavy atom. The van der Waals surface area contributed by atoms with Gasteiger partial charge in [0.25, 0.3) is 5.91 Å². The lowest BCUT2D eigenvalue weighted by Gasteiger charge is -2.18. The summed E-state index contributed by atoms with van der Waals surface area (Å²) < 4.78 is 1.76. The average molecular weight is 436 g/mol. The summed E-state index contributed by atoms with van der Waals surface area (Å²) >= 11 is 0. The van der Waals surface area contributed by atoms with Crippen molar-refractivity contribution in [1.29, 1.82) is 0 Å². The van der Waals surface area contributed by atoms with Crippen LogP contribution in [0.1, 0.15) is 42.6 Å². The van der Waals surface area contributed by atoms with E-state index in [9.17, 15) is 4.79 Å². The topological polar surface area (TPSA) is 71.3 Å². The fourth-order valence-corrected chi connectivity index (χ4v) is 3.66. The molecule has 5 rings (SSSR count). The van der Waals surface area contributed by atoms with Gasteiger partial charge < -0.3 is 10.6 Å². The third-order valence-electron chi connectivity index (χ3n) is 5.96.